The lowest BCUT2D eigenvalue weighted by Gasteiger charge is -2.37. The monoisotopic (exact) mass is 310 g/mol. The van der Waals surface area contributed by atoms with E-state index in [0.717, 1.165) is 62.2 Å². The molecule has 122 valence electrons. The van der Waals surface area contributed by atoms with E-state index >= 15 is 0 Å². The third kappa shape index (κ3) is 3.11. The summed E-state index contributed by atoms with van der Waals surface area (Å²) < 4.78 is 0. The van der Waals surface area contributed by atoms with E-state index < -0.39 is 0 Å². The number of piperidine rings is 1. The van der Waals surface area contributed by atoms with Gasteiger partial charge in [-0.25, -0.2) is 4.98 Å². The number of imidazole rings is 1. The second kappa shape index (κ2) is 6.33. The van der Waals surface area contributed by atoms with Crippen molar-refractivity contribution in [2.75, 3.05) is 19.6 Å². The summed E-state index contributed by atoms with van der Waals surface area (Å²) in [6.45, 7) is 9.37. The van der Waals surface area contributed by atoms with E-state index in [4.69, 9.17) is 4.98 Å². The van der Waals surface area contributed by atoms with E-state index in [0.29, 0.717) is 0 Å². The fourth-order valence-corrected chi connectivity index (χ4v) is 3.62. The van der Waals surface area contributed by atoms with Gasteiger partial charge in [-0.15, -0.1) is 0 Å². The van der Waals surface area contributed by atoms with Gasteiger partial charge in [-0.2, -0.15) is 5.26 Å². The van der Waals surface area contributed by atoms with Crippen molar-refractivity contribution in [3.63, 3.8) is 0 Å². The van der Waals surface area contributed by atoms with Crippen LogP contribution in [-0.2, 0) is 6.42 Å². The maximum Gasteiger partial charge on any atom is 0.108 e. The molecule has 0 bridgehead atoms. The number of hydrogen-bond acceptors (Lipinski definition) is 3. The molecule has 2 heterocycles. The first kappa shape index (κ1) is 16.0. The standard InChI is InChI=1S/C19H26N4/c1-4-19(12-20)9-5-10-23(13-19)11-8-17-21-16-7-6-14(2)15(3)18(16)22-17/h6-7H,4-5,8-11,13H2,1-3H3,(H,21,22). The third-order valence-corrected chi connectivity index (χ3v) is 5.46. The number of aromatic amines is 1. The van der Waals surface area contributed by atoms with Crippen LogP contribution in [0, 0.1) is 30.6 Å². The molecule has 1 aromatic heterocycles. The fraction of sp³-hybridized carbons (Fsp3) is 0.579. The van der Waals surface area contributed by atoms with Gasteiger partial charge >= 0.3 is 0 Å². The normalized spacial score (nSPS) is 22.3. The van der Waals surface area contributed by atoms with Gasteiger partial charge in [0.15, 0.2) is 0 Å². The number of H-pyrrole nitrogens is 1. The van der Waals surface area contributed by atoms with E-state index in [9.17, 15) is 5.26 Å². The van der Waals surface area contributed by atoms with Gasteiger partial charge in [0.25, 0.3) is 0 Å². The van der Waals surface area contributed by atoms with Crippen LogP contribution in [0.3, 0.4) is 0 Å². The minimum absolute atomic E-state index is 0.139. The molecular weight excluding hydrogens is 284 g/mol. The zero-order chi connectivity index (χ0) is 16.4. The Balaban J connectivity index is 1.69. The number of nitriles is 1. The average molecular weight is 310 g/mol. The Labute approximate surface area is 138 Å². The topological polar surface area (TPSA) is 55.7 Å². The molecule has 1 aromatic carbocycles. The SMILES string of the molecule is CCC1(C#N)CCCN(CCc2nc3c(C)c(C)ccc3[nH]2)C1. The molecule has 1 aliphatic heterocycles. The predicted molar refractivity (Wildman–Crippen MR) is 93.3 cm³/mol. The maximum atomic E-state index is 9.50. The van der Waals surface area contributed by atoms with Crippen LogP contribution < -0.4 is 0 Å². The number of rotatable bonds is 4. The Hall–Kier alpha value is -1.86. The fourth-order valence-electron chi connectivity index (χ4n) is 3.62. The minimum atomic E-state index is -0.139. The molecule has 1 atom stereocenters. The van der Waals surface area contributed by atoms with Crippen LogP contribution in [0.25, 0.3) is 11.0 Å². The van der Waals surface area contributed by atoms with Gasteiger partial charge in [-0.3, -0.25) is 0 Å². The van der Waals surface area contributed by atoms with Crippen molar-refractivity contribution in [2.45, 2.75) is 46.5 Å². The van der Waals surface area contributed by atoms with Gasteiger partial charge < -0.3 is 9.88 Å². The summed E-state index contributed by atoms with van der Waals surface area (Å²) in [5, 5.41) is 9.50. The zero-order valence-electron chi connectivity index (χ0n) is 14.4. The molecule has 0 radical (unpaired) electrons. The van der Waals surface area contributed by atoms with Crippen LogP contribution in [0.15, 0.2) is 12.1 Å². The Morgan fingerprint density at radius 3 is 2.96 bits per heavy atom. The molecule has 1 unspecified atom stereocenters. The Morgan fingerprint density at radius 2 is 2.22 bits per heavy atom. The second-order valence-corrected chi connectivity index (χ2v) is 6.96. The molecule has 0 aliphatic carbocycles. The first-order valence-corrected chi connectivity index (χ1v) is 8.65. The van der Waals surface area contributed by atoms with E-state index in [-0.39, 0.29) is 5.41 Å². The van der Waals surface area contributed by atoms with Crippen LogP contribution in [0.5, 0.6) is 0 Å². The molecular formula is C19H26N4. The third-order valence-electron chi connectivity index (χ3n) is 5.46. The number of nitrogens with one attached hydrogen (secondary N) is 1. The van der Waals surface area contributed by atoms with Crippen molar-refractivity contribution in [1.29, 1.82) is 5.26 Å². The van der Waals surface area contributed by atoms with Gasteiger partial charge in [-0.05, 0) is 56.8 Å². The number of likely N-dealkylation sites (tertiary alicyclic amines) is 1. The summed E-state index contributed by atoms with van der Waals surface area (Å²) in [4.78, 5) is 10.7. The van der Waals surface area contributed by atoms with Gasteiger partial charge in [0.1, 0.15) is 5.82 Å². The largest absolute Gasteiger partial charge is 0.342 e. The molecule has 23 heavy (non-hydrogen) atoms. The summed E-state index contributed by atoms with van der Waals surface area (Å²) in [7, 11) is 0. The maximum absolute atomic E-state index is 9.50. The summed E-state index contributed by atoms with van der Waals surface area (Å²) >= 11 is 0. The average Bonchev–Trinajstić information content (AvgIpc) is 3.00. The van der Waals surface area contributed by atoms with E-state index in [1.54, 1.807) is 0 Å². The van der Waals surface area contributed by atoms with Crippen LogP contribution in [0.1, 0.15) is 43.1 Å². The van der Waals surface area contributed by atoms with E-state index in [2.05, 4.69) is 48.9 Å². The van der Waals surface area contributed by atoms with Crippen molar-refractivity contribution in [2.24, 2.45) is 5.41 Å². The lowest BCUT2D eigenvalue weighted by Crippen LogP contribution is -2.43. The molecule has 4 nitrogen and oxygen atoms in total. The molecule has 1 fully saturated rings. The van der Waals surface area contributed by atoms with Crippen molar-refractivity contribution in [3.8, 4) is 6.07 Å². The number of benzene rings is 1. The first-order chi connectivity index (χ1) is 11.1. The first-order valence-electron chi connectivity index (χ1n) is 8.65. The quantitative estimate of drug-likeness (QED) is 0.936. The van der Waals surface area contributed by atoms with Gasteiger partial charge in [0.2, 0.25) is 0 Å². The predicted octanol–water partition coefficient (Wildman–Crippen LogP) is 3.74. The number of nitrogens with zero attached hydrogens (tertiary/aromatic N) is 3. The highest BCUT2D eigenvalue weighted by atomic mass is 15.1. The molecule has 0 amide bonds. The summed E-state index contributed by atoms with van der Waals surface area (Å²) in [5.41, 5.74) is 4.63. The number of aromatic nitrogens is 2. The van der Waals surface area contributed by atoms with Crippen LogP contribution >= 0.6 is 0 Å². The van der Waals surface area contributed by atoms with Crippen molar-refractivity contribution >= 4 is 11.0 Å². The molecule has 1 N–H and O–H groups in total. The lowest BCUT2D eigenvalue weighted by molar-refractivity contribution is 0.128. The van der Waals surface area contributed by atoms with Crippen molar-refractivity contribution in [1.82, 2.24) is 14.9 Å². The highest BCUT2D eigenvalue weighted by Crippen LogP contribution is 2.32. The molecule has 4 heteroatoms. The molecule has 0 saturated carbocycles. The Bertz CT molecular complexity index is 740. The number of hydrogen-bond donors (Lipinski definition) is 1. The highest BCUT2D eigenvalue weighted by Gasteiger charge is 2.33. The van der Waals surface area contributed by atoms with Gasteiger partial charge in [-0.1, -0.05) is 13.0 Å². The molecule has 1 saturated heterocycles. The molecule has 0 spiro atoms. The van der Waals surface area contributed by atoms with Crippen LogP contribution in [0.4, 0.5) is 0 Å². The molecule has 3 rings (SSSR count). The van der Waals surface area contributed by atoms with E-state index in [1.807, 2.05) is 0 Å². The zero-order valence-corrected chi connectivity index (χ0v) is 14.4. The van der Waals surface area contributed by atoms with Crippen molar-refractivity contribution < 1.29 is 0 Å². The number of aryl methyl sites for hydroxylation is 2. The minimum Gasteiger partial charge on any atom is -0.342 e. The Kier molecular flexibility index (Phi) is 4.41. The Morgan fingerprint density at radius 1 is 1.39 bits per heavy atom. The van der Waals surface area contributed by atoms with Crippen LogP contribution in [-0.4, -0.2) is 34.5 Å². The molecule has 1 aliphatic rings. The lowest BCUT2D eigenvalue weighted by atomic mass is 9.79. The summed E-state index contributed by atoms with van der Waals surface area (Å²) in [5.74, 6) is 1.05. The number of fused-ring (bicyclic) bond motifs is 1. The van der Waals surface area contributed by atoms with Gasteiger partial charge in [0, 0.05) is 19.5 Å². The van der Waals surface area contributed by atoms with Gasteiger partial charge in [0.05, 0.1) is 22.5 Å². The van der Waals surface area contributed by atoms with Crippen molar-refractivity contribution in [3.05, 3.63) is 29.1 Å². The molecule has 2 aromatic rings. The summed E-state index contributed by atoms with van der Waals surface area (Å²) in [6, 6.07) is 6.83. The second-order valence-electron chi connectivity index (χ2n) is 6.96. The highest BCUT2D eigenvalue weighted by molar-refractivity contribution is 5.79. The summed E-state index contributed by atoms with van der Waals surface area (Å²) in [6.07, 6.45) is 4.03. The van der Waals surface area contributed by atoms with E-state index in [1.165, 1.54) is 11.1 Å². The van der Waals surface area contributed by atoms with Crippen LogP contribution in [0.2, 0.25) is 0 Å². The smallest absolute Gasteiger partial charge is 0.108 e.